The molecule has 0 spiro atoms. The number of unbranched alkanes of at least 4 members (excludes halogenated alkanes) is 1. The first kappa shape index (κ1) is 26.8. The highest BCUT2D eigenvalue weighted by atomic mass is 17.2. The van der Waals surface area contributed by atoms with Crippen LogP contribution < -0.4 is 4.89 Å². The van der Waals surface area contributed by atoms with Gasteiger partial charge in [-0.1, -0.05) is 69.9 Å². The van der Waals surface area contributed by atoms with Crippen LogP contribution in [0.2, 0.25) is 0 Å². The standard InChI is InChI=1S/C28H39NO6/c1-5-9-13-20(6-2)16-22-17-23-24(27(30)32-7-3)29(18-21-14-11-10-12-15-21)25(28(31)33-8-4)26(23)35-34-19-22/h10-12,14-15,20,22H,5-9,13,16-19H2,1-4H3. The van der Waals surface area contributed by atoms with E-state index in [1.165, 1.54) is 19.3 Å². The average Bonchev–Trinajstić information content (AvgIpc) is 3.00. The molecule has 3 rings (SSSR count). The summed E-state index contributed by atoms with van der Waals surface area (Å²) in [7, 11) is 0. The van der Waals surface area contributed by atoms with Crippen molar-refractivity contribution in [3.05, 3.63) is 52.8 Å². The summed E-state index contributed by atoms with van der Waals surface area (Å²) in [5, 5.41) is 0. The van der Waals surface area contributed by atoms with E-state index in [4.69, 9.17) is 19.2 Å². The van der Waals surface area contributed by atoms with Crippen LogP contribution in [0.25, 0.3) is 0 Å². The predicted octanol–water partition coefficient (Wildman–Crippen LogP) is 5.98. The van der Waals surface area contributed by atoms with Crippen molar-refractivity contribution in [2.24, 2.45) is 11.8 Å². The number of carbonyl (C=O) groups excluding carboxylic acids is 2. The second kappa shape index (κ2) is 13.3. The predicted molar refractivity (Wildman–Crippen MR) is 134 cm³/mol. The molecule has 1 aliphatic rings. The fourth-order valence-corrected chi connectivity index (χ4v) is 4.83. The van der Waals surface area contributed by atoms with Crippen LogP contribution in [0.4, 0.5) is 0 Å². The van der Waals surface area contributed by atoms with E-state index in [0.717, 1.165) is 18.4 Å². The molecule has 0 saturated heterocycles. The molecule has 0 bridgehead atoms. The van der Waals surface area contributed by atoms with Gasteiger partial charge >= 0.3 is 11.9 Å². The molecule has 0 aliphatic carbocycles. The van der Waals surface area contributed by atoms with Crippen LogP contribution in [0.1, 0.15) is 91.9 Å². The van der Waals surface area contributed by atoms with Crippen LogP contribution >= 0.6 is 0 Å². The third kappa shape index (κ3) is 6.66. The molecule has 2 atom stereocenters. The number of fused-ring (bicyclic) bond motifs is 1. The van der Waals surface area contributed by atoms with Gasteiger partial charge in [-0.2, -0.15) is 4.89 Å². The maximum absolute atomic E-state index is 13.3. The van der Waals surface area contributed by atoms with Crippen molar-refractivity contribution in [3.63, 3.8) is 0 Å². The lowest BCUT2D eigenvalue weighted by Crippen LogP contribution is -2.21. The largest absolute Gasteiger partial charge is 0.461 e. The van der Waals surface area contributed by atoms with E-state index in [2.05, 4.69) is 13.8 Å². The van der Waals surface area contributed by atoms with E-state index in [1.807, 2.05) is 30.3 Å². The Labute approximate surface area is 208 Å². The molecular weight excluding hydrogens is 446 g/mol. The van der Waals surface area contributed by atoms with Crippen LogP contribution in [0.3, 0.4) is 0 Å². The number of hydrogen-bond acceptors (Lipinski definition) is 6. The van der Waals surface area contributed by atoms with Gasteiger partial charge in [0.15, 0.2) is 5.69 Å². The number of nitrogens with zero attached hydrogens (tertiary/aromatic N) is 1. The summed E-state index contributed by atoms with van der Waals surface area (Å²) >= 11 is 0. The zero-order valence-corrected chi connectivity index (χ0v) is 21.5. The molecule has 35 heavy (non-hydrogen) atoms. The Hall–Kier alpha value is -2.80. The zero-order chi connectivity index (χ0) is 25.2. The molecule has 192 valence electrons. The SMILES string of the molecule is CCCCC(CC)CC1COOc2c(c(C(=O)OCC)n(Cc3ccccc3)c2C(=O)OCC)C1. The Morgan fingerprint density at radius 1 is 1.03 bits per heavy atom. The first-order chi connectivity index (χ1) is 17.0. The number of esters is 2. The summed E-state index contributed by atoms with van der Waals surface area (Å²) in [4.78, 5) is 37.8. The number of ether oxygens (including phenoxy) is 2. The Morgan fingerprint density at radius 2 is 1.71 bits per heavy atom. The van der Waals surface area contributed by atoms with Crippen molar-refractivity contribution >= 4 is 11.9 Å². The maximum atomic E-state index is 13.3. The van der Waals surface area contributed by atoms with Crippen molar-refractivity contribution in [2.45, 2.75) is 72.8 Å². The van der Waals surface area contributed by atoms with Crippen LogP contribution in [-0.2, 0) is 27.3 Å². The molecule has 7 heteroatoms. The number of hydrogen-bond donors (Lipinski definition) is 0. The number of rotatable bonds is 12. The minimum absolute atomic E-state index is 0.161. The third-order valence-corrected chi connectivity index (χ3v) is 6.58. The topological polar surface area (TPSA) is 76.0 Å². The lowest BCUT2D eigenvalue weighted by molar-refractivity contribution is -0.213. The molecular formula is C28H39NO6. The third-order valence-electron chi connectivity index (χ3n) is 6.58. The highest BCUT2D eigenvalue weighted by Gasteiger charge is 2.37. The van der Waals surface area contributed by atoms with Gasteiger partial charge in [-0.05, 0) is 44.1 Å². The minimum Gasteiger partial charge on any atom is -0.461 e. The second-order valence-corrected chi connectivity index (χ2v) is 9.11. The van der Waals surface area contributed by atoms with Crippen molar-refractivity contribution in [2.75, 3.05) is 19.8 Å². The lowest BCUT2D eigenvalue weighted by atomic mass is 9.85. The van der Waals surface area contributed by atoms with Gasteiger partial charge in [0.1, 0.15) is 5.69 Å². The van der Waals surface area contributed by atoms with Gasteiger partial charge in [0.05, 0.1) is 19.8 Å². The molecule has 0 N–H and O–H groups in total. The first-order valence-corrected chi connectivity index (χ1v) is 13.0. The Bertz CT molecular complexity index is 968. The summed E-state index contributed by atoms with van der Waals surface area (Å²) in [6.45, 7) is 9.10. The summed E-state index contributed by atoms with van der Waals surface area (Å²) in [5.41, 5.74) is 2.13. The van der Waals surface area contributed by atoms with E-state index in [0.29, 0.717) is 36.7 Å². The van der Waals surface area contributed by atoms with E-state index in [1.54, 1.807) is 18.4 Å². The Balaban J connectivity index is 2.08. The molecule has 0 saturated carbocycles. The van der Waals surface area contributed by atoms with Crippen LogP contribution in [0.15, 0.2) is 30.3 Å². The second-order valence-electron chi connectivity index (χ2n) is 9.11. The lowest BCUT2D eigenvalue weighted by Gasteiger charge is -2.21. The summed E-state index contributed by atoms with van der Waals surface area (Å²) in [6, 6.07) is 9.68. The summed E-state index contributed by atoms with van der Waals surface area (Å²) in [5.74, 6) is -0.0170. The molecule has 2 heterocycles. The number of aromatic nitrogens is 1. The van der Waals surface area contributed by atoms with Gasteiger partial charge < -0.3 is 18.9 Å². The molecule has 7 nitrogen and oxygen atoms in total. The van der Waals surface area contributed by atoms with E-state index in [9.17, 15) is 9.59 Å². The van der Waals surface area contributed by atoms with Gasteiger partial charge in [-0.3, -0.25) is 0 Å². The molecule has 1 aromatic carbocycles. The molecule has 0 fully saturated rings. The number of benzene rings is 1. The van der Waals surface area contributed by atoms with Gasteiger partial charge in [0.2, 0.25) is 5.75 Å². The summed E-state index contributed by atoms with van der Waals surface area (Å²) in [6.07, 6.45) is 6.18. The fourth-order valence-electron chi connectivity index (χ4n) is 4.83. The highest BCUT2D eigenvalue weighted by molar-refractivity contribution is 5.98. The molecule has 0 radical (unpaired) electrons. The summed E-state index contributed by atoms with van der Waals surface area (Å²) < 4.78 is 12.5. The molecule has 1 aliphatic heterocycles. The molecule has 0 amide bonds. The van der Waals surface area contributed by atoms with Crippen molar-refractivity contribution in [1.29, 1.82) is 0 Å². The maximum Gasteiger partial charge on any atom is 0.359 e. The normalized spacial score (nSPS) is 16.1. The molecule has 2 unspecified atom stereocenters. The average molecular weight is 486 g/mol. The highest BCUT2D eigenvalue weighted by Crippen LogP contribution is 2.38. The molecule has 1 aromatic heterocycles. The van der Waals surface area contributed by atoms with Gasteiger partial charge in [0, 0.05) is 12.1 Å². The van der Waals surface area contributed by atoms with Crippen LogP contribution in [-0.4, -0.2) is 36.3 Å². The van der Waals surface area contributed by atoms with Crippen molar-refractivity contribution in [1.82, 2.24) is 4.57 Å². The van der Waals surface area contributed by atoms with Crippen molar-refractivity contribution < 1.29 is 28.8 Å². The fraction of sp³-hybridized carbons (Fsp3) is 0.571. The minimum atomic E-state index is -0.549. The van der Waals surface area contributed by atoms with E-state index >= 15 is 0 Å². The van der Waals surface area contributed by atoms with Gasteiger partial charge in [-0.15, -0.1) is 0 Å². The van der Waals surface area contributed by atoms with E-state index < -0.39 is 11.9 Å². The van der Waals surface area contributed by atoms with E-state index in [-0.39, 0.29) is 30.6 Å². The van der Waals surface area contributed by atoms with Gasteiger partial charge in [-0.25, -0.2) is 9.59 Å². The smallest absolute Gasteiger partial charge is 0.359 e. The Kier molecular flexibility index (Phi) is 10.2. The van der Waals surface area contributed by atoms with Gasteiger partial charge in [0.25, 0.3) is 0 Å². The van der Waals surface area contributed by atoms with Crippen LogP contribution in [0.5, 0.6) is 5.75 Å². The van der Waals surface area contributed by atoms with Crippen molar-refractivity contribution in [3.8, 4) is 5.75 Å². The quantitative estimate of drug-likeness (QED) is 0.272. The number of carbonyl (C=O) groups is 2. The van der Waals surface area contributed by atoms with Crippen LogP contribution in [0, 0.1) is 11.8 Å². The Morgan fingerprint density at radius 3 is 2.34 bits per heavy atom. The molecule has 2 aromatic rings. The zero-order valence-electron chi connectivity index (χ0n) is 21.5. The monoisotopic (exact) mass is 485 g/mol. The first-order valence-electron chi connectivity index (χ1n) is 13.0.